The van der Waals surface area contributed by atoms with E-state index in [9.17, 15) is 4.79 Å². The Balaban J connectivity index is 2.24. The molecule has 4 heteroatoms. The Morgan fingerprint density at radius 2 is 1.83 bits per heavy atom. The van der Waals surface area contributed by atoms with E-state index in [1.165, 1.54) is 17.3 Å². The van der Waals surface area contributed by atoms with Gasteiger partial charge in [-0.1, -0.05) is 69.0 Å². The maximum atomic E-state index is 11.5. The molecule has 0 radical (unpaired) electrons. The average molecular weight is 277 g/mol. The summed E-state index contributed by atoms with van der Waals surface area (Å²) in [5, 5.41) is 2.61. The van der Waals surface area contributed by atoms with Gasteiger partial charge in [0.05, 0.1) is 4.91 Å². The highest BCUT2D eigenvalue weighted by Gasteiger charge is 2.22. The Hall–Kier alpha value is -1.13. The summed E-state index contributed by atoms with van der Waals surface area (Å²) in [5.74, 6) is -0.107. The first-order valence-corrected chi connectivity index (χ1v) is 6.94. The molecule has 1 N–H and O–H groups in total. The van der Waals surface area contributed by atoms with Crippen molar-refractivity contribution in [3.8, 4) is 0 Å². The normalized spacial score (nSPS) is 18.3. The van der Waals surface area contributed by atoms with Gasteiger partial charge in [0.2, 0.25) is 0 Å². The second-order valence-corrected chi connectivity index (χ2v) is 6.94. The molecule has 0 spiro atoms. The minimum atomic E-state index is -0.107. The molecule has 1 heterocycles. The van der Waals surface area contributed by atoms with Gasteiger partial charge in [0.25, 0.3) is 5.91 Å². The summed E-state index contributed by atoms with van der Waals surface area (Å²) in [6.07, 6.45) is 1.87. The molecule has 0 saturated carbocycles. The van der Waals surface area contributed by atoms with Crippen LogP contribution >= 0.6 is 24.0 Å². The molecule has 1 saturated heterocycles. The summed E-state index contributed by atoms with van der Waals surface area (Å²) in [6.45, 7) is 6.54. The van der Waals surface area contributed by atoms with Gasteiger partial charge >= 0.3 is 0 Å². The van der Waals surface area contributed by atoms with Gasteiger partial charge in [-0.15, -0.1) is 0 Å². The second-order valence-electron chi connectivity index (χ2n) is 5.22. The van der Waals surface area contributed by atoms with E-state index in [1.54, 1.807) is 0 Å². The number of amides is 1. The fourth-order valence-electron chi connectivity index (χ4n) is 1.65. The smallest absolute Gasteiger partial charge is 0.263 e. The van der Waals surface area contributed by atoms with Crippen molar-refractivity contribution in [2.75, 3.05) is 0 Å². The van der Waals surface area contributed by atoms with Crippen molar-refractivity contribution in [3.63, 3.8) is 0 Å². The first-order chi connectivity index (χ1) is 8.36. The van der Waals surface area contributed by atoms with Crippen LogP contribution in [0.5, 0.6) is 0 Å². The van der Waals surface area contributed by atoms with E-state index in [0.717, 1.165) is 5.56 Å². The lowest BCUT2D eigenvalue weighted by atomic mass is 9.87. The first-order valence-electron chi connectivity index (χ1n) is 5.72. The highest BCUT2D eigenvalue weighted by atomic mass is 32.2. The lowest BCUT2D eigenvalue weighted by Gasteiger charge is -2.18. The lowest BCUT2D eigenvalue weighted by Crippen LogP contribution is -2.17. The predicted octanol–water partition coefficient (Wildman–Crippen LogP) is 3.47. The third kappa shape index (κ3) is 3.00. The summed E-state index contributed by atoms with van der Waals surface area (Å²) in [4.78, 5) is 12.2. The van der Waals surface area contributed by atoms with Crippen LogP contribution in [0.2, 0.25) is 0 Å². The fourth-order valence-corrected chi connectivity index (χ4v) is 2.70. The average Bonchev–Trinajstić information content (AvgIpc) is 2.57. The van der Waals surface area contributed by atoms with Crippen LogP contribution in [0, 0.1) is 0 Å². The number of carbonyl (C=O) groups is 1. The molecule has 0 atom stereocenters. The molecule has 0 bridgehead atoms. The fraction of sp³-hybridized carbons (Fsp3) is 0.286. The molecule has 94 valence electrons. The molecule has 2 rings (SSSR count). The van der Waals surface area contributed by atoms with Gasteiger partial charge in [0.1, 0.15) is 4.32 Å². The highest BCUT2D eigenvalue weighted by Crippen LogP contribution is 2.27. The number of benzene rings is 1. The summed E-state index contributed by atoms with van der Waals surface area (Å²) in [7, 11) is 0. The third-order valence-electron chi connectivity index (χ3n) is 2.72. The number of thiocarbonyl (C=S) groups is 1. The van der Waals surface area contributed by atoms with E-state index < -0.39 is 0 Å². The van der Waals surface area contributed by atoms with E-state index >= 15 is 0 Å². The molecule has 2 nitrogen and oxygen atoms in total. The third-order valence-corrected chi connectivity index (χ3v) is 3.88. The van der Waals surface area contributed by atoms with Gasteiger partial charge in [0.15, 0.2) is 0 Å². The molecular formula is C14H15NOS2. The van der Waals surface area contributed by atoms with Crippen LogP contribution in [0.25, 0.3) is 6.08 Å². The number of hydrogen-bond acceptors (Lipinski definition) is 3. The number of hydrogen-bond donors (Lipinski definition) is 1. The summed E-state index contributed by atoms with van der Waals surface area (Å²) in [6, 6.07) is 8.26. The van der Waals surface area contributed by atoms with Crippen LogP contribution in [0.15, 0.2) is 29.2 Å². The summed E-state index contributed by atoms with van der Waals surface area (Å²) >= 11 is 6.26. The van der Waals surface area contributed by atoms with Crippen LogP contribution in [-0.4, -0.2) is 10.2 Å². The highest BCUT2D eigenvalue weighted by molar-refractivity contribution is 8.26. The number of rotatable bonds is 1. The molecule has 0 aromatic heterocycles. The lowest BCUT2D eigenvalue weighted by molar-refractivity contribution is -0.115. The molecule has 1 aromatic carbocycles. The van der Waals surface area contributed by atoms with Gasteiger partial charge in [-0.25, -0.2) is 0 Å². The summed E-state index contributed by atoms with van der Waals surface area (Å²) < 4.78 is 0.526. The van der Waals surface area contributed by atoms with Crippen molar-refractivity contribution >= 4 is 40.3 Å². The van der Waals surface area contributed by atoms with Crippen molar-refractivity contribution in [1.29, 1.82) is 0 Å². The van der Waals surface area contributed by atoms with E-state index in [-0.39, 0.29) is 11.3 Å². The van der Waals surface area contributed by atoms with Crippen LogP contribution in [0.1, 0.15) is 31.9 Å². The molecule has 1 aliphatic rings. The SMILES string of the molecule is CC(C)(C)c1ccc(/C=C2/SC(=S)NC2=O)cc1. The maximum absolute atomic E-state index is 11.5. The standard InChI is InChI=1S/C14H15NOS2/c1-14(2,3)10-6-4-9(5-7-10)8-11-12(16)15-13(17)18-11/h4-8H,1-3H3,(H,15,16,17)/b11-8+. The van der Waals surface area contributed by atoms with E-state index in [0.29, 0.717) is 9.23 Å². The quantitative estimate of drug-likeness (QED) is 0.629. The molecule has 1 amide bonds. The Kier molecular flexibility index (Phi) is 3.59. The molecule has 0 aliphatic carbocycles. The van der Waals surface area contributed by atoms with Gasteiger partial charge in [0, 0.05) is 0 Å². The zero-order chi connectivity index (χ0) is 13.3. The van der Waals surface area contributed by atoms with Gasteiger partial charge in [-0.05, 0) is 22.6 Å². The number of nitrogens with one attached hydrogen (secondary N) is 1. The largest absolute Gasteiger partial charge is 0.307 e. The van der Waals surface area contributed by atoms with Crippen molar-refractivity contribution in [1.82, 2.24) is 5.32 Å². The van der Waals surface area contributed by atoms with E-state index in [2.05, 4.69) is 38.2 Å². The monoisotopic (exact) mass is 277 g/mol. The van der Waals surface area contributed by atoms with Gasteiger partial charge in [-0.2, -0.15) is 0 Å². The number of carbonyl (C=O) groups excluding carboxylic acids is 1. The number of thioether (sulfide) groups is 1. The molecule has 1 aliphatic heterocycles. The van der Waals surface area contributed by atoms with Gasteiger partial charge < -0.3 is 5.32 Å². The topological polar surface area (TPSA) is 29.1 Å². The first kappa shape index (κ1) is 13.3. The van der Waals surface area contributed by atoms with E-state index in [4.69, 9.17) is 12.2 Å². The maximum Gasteiger partial charge on any atom is 0.263 e. The Morgan fingerprint density at radius 1 is 1.22 bits per heavy atom. The minimum absolute atomic E-state index is 0.107. The Labute approximate surface area is 117 Å². The van der Waals surface area contributed by atoms with Crippen LogP contribution in [0.3, 0.4) is 0 Å². The van der Waals surface area contributed by atoms with Crippen molar-refractivity contribution < 1.29 is 4.79 Å². The van der Waals surface area contributed by atoms with Crippen LogP contribution < -0.4 is 5.32 Å². The predicted molar refractivity (Wildman–Crippen MR) is 81.5 cm³/mol. The summed E-state index contributed by atoms with van der Waals surface area (Å²) in [5.41, 5.74) is 2.45. The Bertz CT molecular complexity index is 524. The van der Waals surface area contributed by atoms with Crippen molar-refractivity contribution in [2.45, 2.75) is 26.2 Å². The minimum Gasteiger partial charge on any atom is -0.307 e. The molecule has 1 fully saturated rings. The molecule has 1 aromatic rings. The van der Waals surface area contributed by atoms with Gasteiger partial charge in [-0.3, -0.25) is 4.79 Å². The Morgan fingerprint density at radius 3 is 2.28 bits per heavy atom. The second kappa shape index (κ2) is 4.86. The zero-order valence-electron chi connectivity index (χ0n) is 10.6. The molecule has 18 heavy (non-hydrogen) atoms. The van der Waals surface area contributed by atoms with Crippen molar-refractivity contribution in [2.24, 2.45) is 0 Å². The van der Waals surface area contributed by atoms with Crippen molar-refractivity contribution in [3.05, 3.63) is 40.3 Å². The zero-order valence-corrected chi connectivity index (χ0v) is 12.2. The van der Waals surface area contributed by atoms with Crippen LogP contribution in [-0.2, 0) is 10.2 Å². The van der Waals surface area contributed by atoms with E-state index in [1.807, 2.05) is 18.2 Å². The van der Waals surface area contributed by atoms with Crippen LogP contribution in [0.4, 0.5) is 0 Å². The molecular weight excluding hydrogens is 262 g/mol. The molecule has 0 unspecified atom stereocenters.